The second-order valence-electron chi connectivity index (χ2n) is 4.93. The van der Waals surface area contributed by atoms with E-state index in [1.54, 1.807) is 18.3 Å². The summed E-state index contributed by atoms with van der Waals surface area (Å²) in [5.74, 6) is -2.40. The highest BCUT2D eigenvalue weighted by Gasteiger charge is 2.23. The number of nitrogen functional groups attached to an aromatic ring is 1. The summed E-state index contributed by atoms with van der Waals surface area (Å²) in [5, 5.41) is 12.2. The van der Waals surface area contributed by atoms with Gasteiger partial charge in [-0.1, -0.05) is 0 Å². The average molecular weight is 297 g/mol. The molecule has 0 saturated heterocycles. The van der Waals surface area contributed by atoms with Crippen LogP contribution in [0.5, 0.6) is 0 Å². The normalized spacial score (nSPS) is 13.3. The van der Waals surface area contributed by atoms with Crippen molar-refractivity contribution in [3.63, 3.8) is 0 Å². The van der Waals surface area contributed by atoms with E-state index in [2.05, 4.69) is 20.3 Å². The third-order valence-corrected chi connectivity index (χ3v) is 2.97. The first-order chi connectivity index (χ1) is 9.89. The van der Waals surface area contributed by atoms with Crippen molar-refractivity contribution in [2.45, 2.75) is 31.7 Å². The van der Waals surface area contributed by atoms with E-state index >= 15 is 0 Å². The van der Waals surface area contributed by atoms with Gasteiger partial charge in [-0.3, -0.25) is 4.98 Å². The lowest BCUT2D eigenvalue weighted by molar-refractivity contribution is 0.00851. The monoisotopic (exact) mass is 297 g/mol. The van der Waals surface area contributed by atoms with Gasteiger partial charge in [0.05, 0.1) is 18.2 Å². The number of nitrogens with zero attached hydrogens (tertiary/aromatic N) is 3. The Kier molecular flexibility index (Phi) is 4.46. The molecule has 4 N–H and O–H groups in total. The molecule has 2 rings (SSSR count). The number of halogens is 2. The molecule has 2 aromatic heterocycles. The SMILES string of the molecule is CC(F)(F)CCC(CO)Nc1nc(N)nc2cccnc12. The Morgan fingerprint density at radius 3 is 2.86 bits per heavy atom. The summed E-state index contributed by atoms with van der Waals surface area (Å²) >= 11 is 0. The zero-order valence-electron chi connectivity index (χ0n) is 11.6. The molecule has 21 heavy (non-hydrogen) atoms. The fourth-order valence-electron chi connectivity index (χ4n) is 1.92. The minimum atomic E-state index is -2.78. The van der Waals surface area contributed by atoms with E-state index in [0.29, 0.717) is 16.9 Å². The summed E-state index contributed by atoms with van der Waals surface area (Å²) in [7, 11) is 0. The molecule has 114 valence electrons. The summed E-state index contributed by atoms with van der Waals surface area (Å²) in [6, 6.07) is 2.87. The number of pyridine rings is 1. The highest BCUT2D eigenvalue weighted by atomic mass is 19.3. The number of fused-ring (bicyclic) bond motifs is 1. The summed E-state index contributed by atoms with van der Waals surface area (Å²) in [6.45, 7) is 0.551. The summed E-state index contributed by atoms with van der Waals surface area (Å²) in [6.07, 6.45) is 1.33. The first-order valence-electron chi connectivity index (χ1n) is 6.52. The number of aromatic nitrogens is 3. The van der Waals surface area contributed by atoms with Crippen molar-refractivity contribution in [2.75, 3.05) is 17.7 Å². The minimum absolute atomic E-state index is 0.0514. The number of hydrogen-bond acceptors (Lipinski definition) is 6. The van der Waals surface area contributed by atoms with Gasteiger partial charge >= 0.3 is 0 Å². The summed E-state index contributed by atoms with van der Waals surface area (Å²) in [5.41, 5.74) is 6.64. The van der Waals surface area contributed by atoms with E-state index in [1.165, 1.54) is 0 Å². The third-order valence-electron chi connectivity index (χ3n) is 2.97. The van der Waals surface area contributed by atoms with Crippen LogP contribution in [0.4, 0.5) is 20.5 Å². The van der Waals surface area contributed by atoms with Gasteiger partial charge in [0.25, 0.3) is 0 Å². The Morgan fingerprint density at radius 2 is 2.19 bits per heavy atom. The second kappa shape index (κ2) is 6.13. The number of nitrogens with two attached hydrogens (primary N) is 1. The summed E-state index contributed by atoms with van der Waals surface area (Å²) in [4.78, 5) is 12.2. The van der Waals surface area contributed by atoms with Crippen LogP contribution >= 0.6 is 0 Å². The summed E-state index contributed by atoms with van der Waals surface area (Å²) < 4.78 is 25.8. The molecule has 6 nitrogen and oxygen atoms in total. The zero-order chi connectivity index (χ0) is 15.5. The number of aliphatic hydroxyl groups is 1. The van der Waals surface area contributed by atoms with Crippen LogP contribution in [0, 0.1) is 0 Å². The lowest BCUT2D eigenvalue weighted by atomic mass is 10.1. The fraction of sp³-hybridized carbons (Fsp3) is 0.462. The van der Waals surface area contributed by atoms with Crippen molar-refractivity contribution >= 4 is 22.8 Å². The van der Waals surface area contributed by atoms with E-state index in [9.17, 15) is 13.9 Å². The predicted molar refractivity (Wildman–Crippen MR) is 76.1 cm³/mol. The maximum absolute atomic E-state index is 12.9. The first kappa shape index (κ1) is 15.3. The molecule has 0 aromatic carbocycles. The van der Waals surface area contributed by atoms with Gasteiger partial charge in [-0.15, -0.1) is 0 Å². The molecule has 0 aliphatic carbocycles. The molecule has 0 aliphatic rings. The van der Waals surface area contributed by atoms with E-state index in [-0.39, 0.29) is 25.4 Å². The molecule has 1 atom stereocenters. The minimum Gasteiger partial charge on any atom is -0.394 e. The molecule has 0 fully saturated rings. The molecule has 0 saturated carbocycles. The molecule has 8 heteroatoms. The Hall–Kier alpha value is -2.09. The van der Waals surface area contributed by atoms with E-state index in [4.69, 9.17) is 5.73 Å². The molecule has 0 bridgehead atoms. The van der Waals surface area contributed by atoms with Crippen molar-refractivity contribution in [3.05, 3.63) is 18.3 Å². The van der Waals surface area contributed by atoms with Crippen molar-refractivity contribution in [1.82, 2.24) is 15.0 Å². The molecule has 0 spiro atoms. The standard InChI is InChI=1S/C13H17F2N5O/c1-13(14,15)5-4-8(7-21)18-11-10-9(3-2-6-17-10)19-12(16)20-11/h2-3,6,8,21H,4-5,7H2,1H3,(H3,16,18,19,20). The fourth-order valence-corrected chi connectivity index (χ4v) is 1.92. The largest absolute Gasteiger partial charge is 0.394 e. The van der Waals surface area contributed by atoms with Crippen LogP contribution in [0.2, 0.25) is 0 Å². The van der Waals surface area contributed by atoms with E-state index < -0.39 is 12.0 Å². The Morgan fingerprint density at radius 1 is 1.43 bits per heavy atom. The number of rotatable bonds is 6. The molecule has 0 amide bonds. The number of anilines is 2. The molecular weight excluding hydrogens is 280 g/mol. The Labute approximate surface area is 120 Å². The molecule has 0 radical (unpaired) electrons. The molecular formula is C13H17F2N5O. The van der Waals surface area contributed by atoms with Crippen LogP contribution in [0.3, 0.4) is 0 Å². The lowest BCUT2D eigenvalue weighted by Gasteiger charge is -2.19. The highest BCUT2D eigenvalue weighted by Crippen LogP contribution is 2.23. The van der Waals surface area contributed by atoms with Gasteiger partial charge in [-0.25, -0.2) is 13.8 Å². The van der Waals surface area contributed by atoms with Gasteiger partial charge in [-0.2, -0.15) is 4.98 Å². The van der Waals surface area contributed by atoms with Gasteiger partial charge in [-0.05, 0) is 25.5 Å². The molecule has 0 aliphatic heterocycles. The van der Waals surface area contributed by atoms with Crippen molar-refractivity contribution in [3.8, 4) is 0 Å². The average Bonchev–Trinajstić information content (AvgIpc) is 2.42. The van der Waals surface area contributed by atoms with Crippen LogP contribution < -0.4 is 11.1 Å². The van der Waals surface area contributed by atoms with Crippen molar-refractivity contribution < 1.29 is 13.9 Å². The third kappa shape index (κ3) is 4.19. The quantitative estimate of drug-likeness (QED) is 0.752. The van der Waals surface area contributed by atoms with E-state index in [0.717, 1.165) is 6.92 Å². The second-order valence-corrected chi connectivity index (χ2v) is 4.93. The number of alkyl halides is 2. The number of nitrogens with one attached hydrogen (secondary N) is 1. The first-order valence-corrected chi connectivity index (χ1v) is 6.52. The van der Waals surface area contributed by atoms with Gasteiger partial charge in [0, 0.05) is 12.6 Å². The molecule has 1 unspecified atom stereocenters. The Bertz CT molecular complexity index is 617. The smallest absolute Gasteiger partial charge is 0.245 e. The van der Waals surface area contributed by atoms with Gasteiger partial charge < -0.3 is 16.2 Å². The van der Waals surface area contributed by atoms with Crippen LogP contribution in [-0.2, 0) is 0 Å². The van der Waals surface area contributed by atoms with Gasteiger partial charge in [0.2, 0.25) is 11.9 Å². The molecule has 2 heterocycles. The maximum Gasteiger partial charge on any atom is 0.245 e. The van der Waals surface area contributed by atoms with Crippen molar-refractivity contribution in [2.24, 2.45) is 0 Å². The van der Waals surface area contributed by atoms with E-state index in [1.807, 2.05) is 0 Å². The topological polar surface area (TPSA) is 97.0 Å². The Balaban J connectivity index is 2.21. The maximum atomic E-state index is 12.9. The highest BCUT2D eigenvalue weighted by molar-refractivity contribution is 5.85. The van der Waals surface area contributed by atoms with Crippen LogP contribution in [0.1, 0.15) is 19.8 Å². The lowest BCUT2D eigenvalue weighted by Crippen LogP contribution is -2.27. The van der Waals surface area contributed by atoms with Crippen LogP contribution in [-0.4, -0.2) is 38.6 Å². The number of aliphatic hydroxyl groups excluding tert-OH is 1. The zero-order valence-corrected chi connectivity index (χ0v) is 11.6. The molecule has 2 aromatic rings. The van der Waals surface area contributed by atoms with Gasteiger partial charge in [0.15, 0.2) is 5.82 Å². The van der Waals surface area contributed by atoms with Crippen molar-refractivity contribution in [1.29, 1.82) is 0 Å². The van der Waals surface area contributed by atoms with Crippen LogP contribution in [0.15, 0.2) is 18.3 Å². The predicted octanol–water partition coefficient (Wildman–Crippen LogP) is 1.82. The van der Waals surface area contributed by atoms with Gasteiger partial charge in [0.1, 0.15) is 5.52 Å². The number of hydrogen-bond donors (Lipinski definition) is 3. The van der Waals surface area contributed by atoms with Crippen LogP contribution in [0.25, 0.3) is 11.0 Å².